The van der Waals surface area contributed by atoms with E-state index in [1.165, 1.54) is 24.8 Å². The van der Waals surface area contributed by atoms with E-state index >= 15 is 0 Å². The predicted molar refractivity (Wildman–Crippen MR) is 83.0 cm³/mol. The second-order valence-corrected chi connectivity index (χ2v) is 6.12. The van der Waals surface area contributed by atoms with E-state index < -0.39 is 0 Å². The molecule has 112 valence electrons. The first kappa shape index (κ1) is 15.3. The van der Waals surface area contributed by atoms with Crippen molar-refractivity contribution in [2.75, 3.05) is 6.54 Å². The predicted octanol–water partition coefficient (Wildman–Crippen LogP) is 4.10. The van der Waals surface area contributed by atoms with Crippen molar-refractivity contribution in [3.63, 3.8) is 0 Å². The Bertz CT molecular complexity index is 390. The Hall–Kier alpha value is -1.09. The third-order valence-corrected chi connectivity index (χ3v) is 4.14. The van der Waals surface area contributed by atoms with Gasteiger partial charge in [-0.1, -0.05) is 26.3 Å². The summed E-state index contributed by atoms with van der Waals surface area (Å²) >= 11 is 0. The molecule has 2 rings (SSSR count). The van der Waals surface area contributed by atoms with Gasteiger partial charge < -0.3 is 10.1 Å². The van der Waals surface area contributed by atoms with Crippen LogP contribution in [-0.2, 0) is 0 Å². The molecule has 0 spiro atoms. The molecule has 1 fully saturated rings. The highest BCUT2D eigenvalue weighted by molar-refractivity contribution is 5.20. The van der Waals surface area contributed by atoms with Crippen molar-refractivity contribution in [3.8, 4) is 5.88 Å². The topological polar surface area (TPSA) is 34.1 Å². The molecule has 1 heterocycles. The summed E-state index contributed by atoms with van der Waals surface area (Å²) in [4.78, 5) is 4.46. The fraction of sp³-hybridized carbons (Fsp3) is 0.706. The molecule has 3 unspecified atom stereocenters. The van der Waals surface area contributed by atoms with Crippen LogP contribution in [0, 0.1) is 5.92 Å². The third-order valence-electron chi connectivity index (χ3n) is 4.14. The zero-order chi connectivity index (χ0) is 14.4. The van der Waals surface area contributed by atoms with Crippen molar-refractivity contribution >= 4 is 0 Å². The molecule has 1 N–H and O–H groups in total. The average Bonchev–Trinajstić information content (AvgIpc) is 2.45. The summed E-state index contributed by atoms with van der Waals surface area (Å²) in [5.74, 6) is 1.56. The number of nitrogens with one attached hydrogen (secondary N) is 1. The van der Waals surface area contributed by atoms with Crippen LogP contribution >= 0.6 is 0 Å². The lowest BCUT2D eigenvalue weighted by Gasteiger charge is -2.27. The van der Waals surface area contributed by atoms with E-state index in [2.05, 4.69) is 37.1 Å². The minimum absolute atomic E-state index is 0.353. The number of nitrogens with zero attached hydrogens (tertiary/aromatic N) is 1. The van der Waals surface area contributed by atoms with Gasteiger partial charge in [0.2, 0.25) is 5.88 Å². The molecular formula is C17H28N2O. The molecule has 3 atom stereocenters. The molecule has 3 heteroatoms. The Labute approximate surface area is 123 Å². The molecule has 0 aliphatic heterocycles. The summed E-state index contributed by atoms with van der Waals surface area (Å²) in [6, 6.07) is 4.49. The van der Waals surface area contributed by atoms with Gasteiger partial charge in [0, 0.05) is 18.3 Å². The number of rotatable bonds is 6. The molecule has 0 aromatic carbocycles. The number of pyridine rings is 1. The maximum atomic E-state index is 6.01. The van der Waals surface area contributed by atoms with Crippen LogP contribution in [0.5, 0.6) is 5.88 Å². The SMILES string of the molecule is CCCNC(C)c1ccc(OC2CCCC(C)C2)nc1. The number of ether oxygens (including phenoxy) is 1. The van der Waals surface area contributed by atoms with Crippen LogP contribution in [0.3, 0.4) is 0 Å². The van der Waals surface area contributed by atoms with Gasteiger partial charge in [0.25, 0.3) is 0 Å². The molecule has 3 nitrogen and oxygen atoms in total. The second-order valence-electron chi connectivity index (χ2n) is 6.12. The fourth-order valence-corrected chi connectivity index (χ4v) is 2.85. The molecule has 1 aliphatic carbocycles. The van der Waals surface area contributed by atoms with Gasteiger partial charge in [-0.25, -0.2) is 4.98 Å². The van der Waals surface area contributed by atoms with E-state index in [0.29, 0.717) is 12.1 Å². The second kappa shape index (κ2) is 7.63. The smallest absolute Gasteiger partial charge is 0.213 e. The molecule has 1 aromatic heterocycles. The van der Waals surface area contributed by atoms with Crippen molar-refractivity contribution in [1.82, 2.24) is 10.3 Å². The monoisotopic (exact) mass is 276 g/mol. The van der Waals surface area contributed by atoms with Crippen LogP contribution < -0.4 is 10.1 Å². The van der Waals surface area contributed by atoms with Gasteiger partial charge in [-0.2, -0.15) is 0 Å². The quantitative estimate of drug-likeness (QED) is 0.849. The van der Waals surface area contributed by atoms with E-state index in [0.717, 1.165) is 31.2 Å². The number of hydrogen-bond acceptors (Lipinski definition) is 3. The lowest BCUT2D eigenvalue weighted by molar-refractivity contribution is 0.124. The van der Waals surface area contributed by atoms with Gasteiger partial charge in [-0.3, -0.25) is 0 Å². The van der Waals surface area contributed by atoms with Gasteiger partial charge in [0.05, 0.1) is 0 Å². The minimum atomic E-state index is 0.353. The molecule has 0 amide bonds. The van der Waals surface area contributed by atoms with Crippen LogP contribution in [0.2, 0.25) is 0 Å². The van der Waals surface area contributed by atoms with Crippen molar-refractivity contribution in [2.24, 2.45) is 5.92 Å². The van der Waals surface area contributed by atoms with Crippen LogP contribution in [0.25, 0.3) is 0 Å². The van der Waals surface area contributed by atoms with Crippen molar-refractivity contribution in [1.29, 1.82) is 0 Å². The molecular weight excluding hydrogens is 248 g/mol. The summed E-state index contributed by atoms with van der Waals surface area (Å²) in [6.45, 7) is 7.71. The first-order valence-corrected chi connectivity index (χ1v) is 8.05. The standard InChI is InChI=1S/C17H28N2O/c1-4-10-18-14(3)15-8-9-17(19-12-15)20-16-7-5-6-13(2)11-16/h8-9,12-14,16,18H,4-7,10-11H2,1-3H3. The van der Waals surface area contributed by atoms with E-state index in [4.69, 9.17) is 4.74 Å². The van der Waals surface area contributed by atoms with Crippen LogP contribution in [0.4, 0.5) is 0 Å². The first-order chi connectivity index (χ1) is 9.69. The van der Waals surface area contributed by atoms with Crippen molar-refractivity contribution in [2.45, 2.75) is 65.0 Å². The average molecular weight is 276 g/mol. The molecule has 1 aromatic rings. The molecule has 0 bridgehead atoms. The number of aromatic nitrogens is 1. The van der Waals surface area contributed by atoms with Crippen LogP contribution in [-0.4, -0.2) is 17.6 Å². The molecule has 0 saturated heterocycles. The zero-order valence-corrected chi connectivity index (χ0v) is 13.1. The summed E-state index contributed by atoms with van der Waals surface area (Å²) in [7, 11) is 0. The Kier molecular flexibility index (Phi) is 5.84. The Morgan fingerprint density at radius 2 is 2.25 bits per heavy atom. The van der Waals surface area contributed by atoms with Crippen LogP contribution in [0.15, 0.2) is 18.3 Å². The molecule has 1 saturated carbocycles. The highest BCUT2D eigenvalue weighted by Gasteiger charge is 2.20. The lowest BCUT2D eigenvalue weighted by atomic mass is 9.89. The van der Waals surface area contributed by atoms with Crippen LogP contribution in [0.1, 0.15) is 64.5 Å². The van der Waals surface area contributed by atoms with E-state index in [1.807, 2.05) is 12.3 Å². The Morgan fingerprint density at radius 1 is 1.40 bits per heavy atom. The summed E-state index contributed by atoms with van der Waals surface area (Å²) < 4.78 is 6.01. The number of hydrogen-bond donors (Lipinski definition) is 1. The molecule has 1 aliphatic rings. The zero-order valence-electron chi connectivity index (χ0n) is 13.1. The van der Waals surface area contributed by atoms with Gasteiger partial charge >= 0.3 is 0 Å². The highest BCUT2D eigenvalue weighted by Crippen LogP contribution is 2.27. The molecule has 0 radical (unpaired) electrons. The van der Waals surface area contributed by atoms with Gasteiger partial charge in [-0.15, -0.1) is 0 Å². The summed E-state index contributed by atoms with van der Waals surface area (Å²) in [5, 5.41) is 3.47. The van der Waals surface area contributed by atoms with Crippen molar-refractivity contribution < 1.29 is 4.74 Å². The maximum absolute atomic E-state index is 6.01. The van der Waals surface area contributed by atoms with E-state index in [1.54, 1.807) is 0 Å². The third kappa shape index (κ3) is 4.48. The normalized spacial score (nSPS) is 24.4. The molecule has 20 heavy (non-hydrogen) atoms. The van der Waals surface area contributed by atoms with E-state index in [9.17, 15) is 0 Å². The Morgan fingerprint density at radius 3 is 2.90 bits per heavy atom. The van der Waals surface area contributed by atoms with Gasteiger partial charge in [0.15, 0.2) is 0 Å². The first-order valence-electron chi connectivity index (χ1n) is 8.05. The maximum Gasteiger partial charge on any atom is 0.213 e. The van der Waals surface area contributed by atoms with E-state index in [-0.39, 0.29) is 0 Å². The largest absolute Gasteiger partial charge is 0.474 e. The van der Waals surface area contributed by atoms with Gasteiger partial charge in [0.1, 0.15) is 6.10 Å². The fourth-order valence-electron chi connectivity index (χ4n) is 2.85. The summed E-state index contributed by atoms with van der Waals surface area (Å²) in [6.07, 6.45) is 8.40. The Balaban J connectivity index is 1.87. The van der Waals surface area contributed by atoms with Gasteiger partial charge in [-0.05, 0) is 50.6 Å². The lowest BCUT2D eigenvalue weighted by Crippen LogP contribution is -2.24. The summed E-state index contributed by atoms with van der Waals surface area (Å²) in [5.41, 5.74) is 1.22. The highest BCUT2D eigenvalue weighted by atomic mass is 16.5. The minimum Gasteiger partial charge on any atom is -0.474 e. The van der Waals surface area contributed by atoms with Crippen molar-refractivity contribution in [3.05, 3.63) is 23.9 Å².